The molecule has 0 bridgehead atoms. The van der Waals surface area contributed by atoms with E-state index in [0.717, 1.165) is 32.5 Å². The van der Waals surface area contributed by atoms with E-state index in [9.17, 15) is 14.0 Å². The largest absolute Gasteiger partial charge is 0.342 e. The first-order chi connectivity index (χ1) is 17.9. The van der Waals surface area contributed by atoms with Crippen LogP contribution in [0.1, 0.15) is 24.4 Å². The summed E-state index contributed by atoms with van der Waals surface area (Å²) in [6.07, 6.45) is 1.80. The maximum atomic E-state index is 13.7. The van der Waals surface area contributed by atoms with E-state index >= 15 is 0 Å². The summed E-state index contributed by atoms with van der Waals surface area (Å²) >= 11 is 3.45. The van der Waals surface area contributed by atoms with E-state index in [-0.39, 0.29) is 24.2 Å². The maximum absolute atomic E-state index is 13.7. The quantitative estimate of drug-likeness (QED) is 0.322. The molecule has 4 aromatic rings. The summed E-state index contributed by atoms with van der Waals surface area (Å²) < 4.78 is 22.3. The Bertz CT molecular complexity index is 1420. The predicted molar refractivity (Wildman–Crippen MR) is 142 cm³/mol. The molecule has 1 saturated heterocycles. The lowest BCUT2D eigenvalue weighted by molar-refractivity contribution is -0.128. The highest BCUT2D eigenvalue weighted by atomic mass is 79.9. The van der Waals surface area contributed by atoms with Crippen LogP contribution in [-0.4, -0.2) is 39.6 Å². The number of anilines is 1. The predicted octanol–water partition coefficient (Wildman–Crippen LogP) is 5.50. The maximum Gasteiger partial charge on any atom is 0.251 e. The molecule has 188 valence electrons. The number of hydrogen-bond donors (Lipinski definition) is 1. The third kappa shape index (κ3) is 5.63. The lowest BCUT2D eigenvalue weighted by atomic mass is 10.1. The van der Waals surface area contributed by atoms with Gasteiger partial charge in [0.1, 0.15) is 18.1 Å². The van der Waals surface area contributed by atoms with E-state index in [1.807, 2.05) is 54.7 Å². The highest BCUT2D eigenvalue weighted by Gasteiger charge is 2.36. The normalized spacial score (nSPS) is 15.3. The molecule has 2 amide bonds. The molecule has 1 aliphatic rings. The number of hydrogen-bond acceptors (Lipinski definition) is 4. The van der Waals surface area contributed by atoms with Crippen molar-refractivity contribution in [1.82, 2.24) is 14.7 Å². The first kappa shape index (κ1) is 24.9. The average molecular weight is 563 g/mol. The minimum atomic E-state index is -0.678. The highest BCUT2D eigenvalue weighted by Crippen LogP contribution is 2.35. The third-order valence-corrected chi connectivity index (χ3v) is 6.64. The molecule has 7 nitrogen and oxygen atoms in total. The number of ether oxygens (including phenoxy) is 1. The summed E-state index contributed by atoms with van der Waals surface area (Å²) in [7, 11) is 0. The van der Waals surface area contributed by atoms with Gasteiger partial charge in [0.25, 0.3) is 5.91 Å². The van der Waals surface area contributed by atoms with Gasteiger partial charge in [0.15, 0.2) is 6.23 Å². The number of rotatable bonds is 7. The van der Waals surface area contributed by atoms with Gasteiger partial charge in [-0.05, 0) is 66.1 Å². The minimum absolute atomic E-state index is 0.0415. The van der Waals surface area contributed by atoms with E-state index in [1.165, 1.54) is 19.1 Å². The number of nitrogens with zero attached hydrogens (tertiary/aromatic N) is 3. The zero-order valence-corrected chi connectivity index (χ0v) is 21.6. The Balaban J connectivity index is 1.44. The van der Waals surface area contributed by atoms with Crippen molar-refractivity contribution in [3.05, 3.63) is 101 Å². The third-order valence-electron chi connectivity index (χ3n) is 6.11. The van der Waals surface area contributed by atoms with Gasteiger partial charge in [-0.15, -0.1) is 0 Å². The van der Waals surface area contributed by atoms with Crippen molar-refractivity contribution in [2.45, 2.75) is 19.6 Å². The second-order valence-electron chi connectivity index (χ2n) is 8.73. The summed E-state index contributed by atoms with van der Waals surface area (Å²) in [5, 5.41) is 7.57. The summed E-state index contributed by atoms with van der Waals surface area (Å²) in [5.41, 5.74) is 4.70. The molecule has 0 radical (unpaired) electrons. The zero-order chi connectivity index (χ0) is 25.9. The number of carbonyl (C=O) groups excluding carboxylic acids is 2. The van der Waals surface area contributed by atoms with E-state index in [0.29, 0.717) is 18.7 Å². The molecule has 9 heteroatoms. The van der Waals surface area contributed by atoms with E-state index < -0.39 is 6.23 Å². The molecule has 3 aromatic carbocycles. The Morgan fingerprint density at radius 2 is 1.78 bits per heavy atom. The zero-order valence-electron chi connectivity index (χ0n) is 20.0. The van der Waals surface area contributed by atoms with Crippen LogP contribution in [0.4, 0.5) is 10.1 Å². The molecule has 1 aromatic heterocycles. The van der Waals surface area contributed by atoms with Crippen LogP contribution >= 0.6 is 15.9 Å². The van der Waals surface area contributed by atoms with Gasteiger partial charge in [-0.3, -0.25) is 9.59 Å². The fourth-order valence-electron chi connectivity index (χ4n) is 4.28. The second kappa shape index (κ2) is 10.7. The van der Waals surface area contributed by atoms with Gasteiger partial charge >= 0.3 is 0 Å². The fourth-order valence-corrected chi connectivity index (χ4v) is 4.54. The number of halogens is 2. The fraction of sp³-hybridized carbons (Fsp3) is 0.179. The SMILES string of the molecule is CC(=O)Nc1ccc(CCN2C(=O)COC2c2nn(-c3ccc(Br)cc3)cc2-c2ccc(F)cc2)cc1. The first-order valence-electron chi connectivity index (χ1n) is 11.8. The number of amides is 2. The van der Waals surface area contributed by atoms with Crippen LogP contribution in [0.25, 0.3) is 16.8 Å². The molecule has 5 rings (SSSR count). The summed E-state index contributed by atoms with van der Waals surface area (Å²) in [4.78, 5) is 25.8. The van der Waals surface area contributed by atoms with Gasteiger partial charge in [0.2, 0.25) is 5.91 Å². The average Bonchev–Trinajstić information content (AvgIpc) is 3.48. The van der Waals surface area contributed by atoms with Crippen LogP contribution in [0.5, 0.6) is 0 Å². The molecular formula is C28H24BrFN4O3. The van der Waals surface area contributed by atoms with Gasteiger partial charge in [-0.25, -0.2) is 9.07 Å². The van der Waals surface area contributed by atoms with Crippen LogP contribution in [0, 0.1) is 5.82 Å². The molecule has 1 fully saturated rings. The van der Waals surface area contributed by atoms with Crippen molar-refractivity contribution < 1.29 is 18.7 Å². The number of aromatic nitrogens is 2. The smallest absolute Gasteiger partial charge is 0.251 e. The lowest BCUT2D eigenvalue weighted by Crippen LogP contribution is -2.31. The van der Waals surface area contributed by atoms with Gasteiger partial charge in [-0.2, -0.15) is 5.10 Å². The molecule has 2 heterocycles. The van der Waals surface area contributed by atoms with Crippen LogP contribution in [0.3, 0.4) is 0 Å². The molecular weight excluding hydrogens is 539 g/mol. The Labute approximate surface area is 222 Å². The molecule has 1 unspecified atom stereocenters. The monoisotopic (exact) mass is 562 g/mol. The Hall–Kier alpha value is -3.82. The Morgan fingerprint density at radius 1 is 1.08 bits per heavy atom. The van der Waals surface area contributed by atoms with Crippen LogP contribution in [0.2, 0.25) is 0 Å². The first-order valence-corrected chi connectivity index (χ1v) is 12.6. The van der Waals surface area contributed by atoms with Gasteiger partial charge in [0, 0.05) is 35.4 Å². The molecule has 1 aliphatic heterocycles. The molecule has 0 saturated carbocycles. The van der Waals surface area contributed by atoms with Crippen molar-refractivity contribution in [2.24, 2.45) is 0 Å². The molecule has 0 spiro atoms. The van der Waals surface area contributed by atoms with Gasteiger partial charge in [0.05, 0.1) is 5.69 Å². The van der Waals surface area contributed by atoms with E-state index in [1.54, 1.807) is 21.7 Å². The Morgan fingerprint density at radius 3 is 2.46 bits per heavy atom. The van der Waals surface area contributed by atoms with Gasteiger partial charge < -0.3 is 15.0 Å². The van der Waals surface area contributed by atoms with E-state index in [2.05, 4.69) is 21.2 Å². The number of nitrogens with one attached hydrogen (secondary N) is 1. The van der Waals surface area contributed by atoms with Gasteiger partial charge in [-0.1, -0.05) is 40.2 Å². The number of benzene rings is 3. The van der Waals surface area contributed by atoms with Crippen LogP contribution in [0.15, 0.2) is 83.5 Å². The van der Waals surface area contributed by atoms with Crippen molar-refractivity contribution >= 4 is 33.4 Å². The number of carbonyl (C=O) groups is 2. The van der Waals surface area contributed by atoms with Crippen molar-refractivity contribution in [1.29, 1.82) is 0 Å². The molecule has 37 heavy (non-hydrogen) atoms. The summed E-state index contributed by atoms with van der Waals surface area (Å²) in [5.74, 6) is -0.581. The van der Waals surface area contributed by atoms with Crippen LogP contribution < -0.4 is 5.32 Å². The van der Waals surface area contributed by atoms with E-state index in [4.69, 9.17) is 9.84 Å². The Kier molecular flexibility index (Phi) is 7.16. The van der Waals surface area contributed by atoms with Crippen molar-refractivity contribution in [2.75, 3.05) is 18.5 Å². The summed E-state index contributed by atoms with van der Waals surface area (Å²) in [6.45, 7) is 1.85. The van der Waals surface area contributed by atoms with Crippen LogP contribution in [-0.2, 0) is 20.7 Å². The molecule has 0 aliphatic carbocycles. The minimum Gasteiger partial charge on any atom is -0.342 e. The molecule has 1 N–H and O–H groups in total. The highest BCUT2D eigenvalue weighted by molar-refractivity contribution is 9.10. The second-order valence-corrected chi connectivity index (χ2v) is 9.65. The van der Waals surface area contributed by atoms with Crippen molar-refractivity contribution in [3.8, 4) is 16.8 Å². The summed E-state index contributed by atoms with van der Waals surface area (Å²) in [6, 6.07) is 21.4. The lowest BCUT2D eigenvalue weighted by Gasteiger charge is -2.23. The van der Waals surface area contributed by atoms with Crippen molar-refractivity contribution in [3.63, 3.8) is 0 Å². The standard InChI is InChI=1S/C28H24BrFN4O3/c1-18(35)31-23-10-2-19(3-11-23)14-15-33-26(36)17-37-28(33)27-25(20-4-8-22(30)9-5-20)16-34(32-27)24-12-6-21(29)7-13-24/h2-13,16,28H,14-15,17H2,1H3,(H,31,35). The molecule has 1 atom stereocenters. The topological polar surface area (TPSA) is 76.5 Å².